The van der Waals surface area contributed by atoms with Crippen LogP contribution in [0.25, 0.3) is 5.69 Å². The molecule has 1 amide bonds. The first-order valence-electron chi connectivity index (χ1n) is 6.71. The van der Waals surface area contributed by atoms with Crippen LogP contribution in [0.3, 0.4) is 0 Å². The van der Waals surface area contributed by atoms with Crippen LogP contribution in [0.15, 0.2) is 43.0 Å². The van der Waals surface area contributed by atoms with Crippen LogP contribution in [0.2, 0.25) is 0 Å². The number of imidazole rings is 1. The highest BCUT2D eigenvalue weighted by molar-refractivity contribution is 5.96. The molecule has 2 rings (SSSR count). The Balaban J connectivity index is 2.16. The standard InChI is InChI=1S/C15H20N4O/c1-11(2)9-12(16)15(20)18-13-5-3-4-6-14(13)19-8-7-17-10-19/h3-8,10-12H,9,16H2,1-2H3,(H,18,20). The van der Waals surface area contributed by atoms with E-state index < -0.39 is 6.04 Å². The lowest BCUT2D eigenvalue weighted by Crippen LogP contribution is -2.36. The zero-order valence-corrected chi connectivity index (χ0v) is 11.8. The maximum atomic E-state index is 12.1. The maximum absolute atomic E-state index is 12.1. The molecule has 0 fully saturated rings. The van der Waals surface area contributed by atoms with E-state index in [1.807, 2.05) is 48.9 Å². The molecule has 1 aromatic carbocycles. The van der Waals surface area contributed by atoms with Gasteiger partial charge in [-0.25, -0.2) is 4.98 Å². The average molecular weight is 272 g/mol. The predicted molar refractivity (Wildman–Crippen MR) is 79.6 cm³/mol. The second kappa shape index (κ2) is 6.34. The number of para-hydroxylation sites is 2. The lowest BCUT2D eigenvalue weighted by Gasteiger charge is -2.16. The molecule has 5 nitrogen and oxygen atoms in total. The number of carbonyl (C=O) groups is 1. The molecular weight excluding hydrogens is 252 g/mol. The van der Waals surface area contributed by atoms with Crippen molar-refractivity contribution < 1.29 is 4.79 Å². The summed E-state index contributed by atoms with van der Waals surface area (Å²) in [6, 6.07) is 7.08. The Labute approximate surface area is 118 Å². The van der Waals surface area contributed by atoms with Crippen molar-refractivity contribution in [1.82, 2.24) is 9.55 Å². The summed E-state index contributed by atoms with van der Waals surface area (Å²) in [5, 5.41) is 2.89. The first-order chi connectivity index (χ1) is 9.58. The van der Waals surface area contributed by atoms with E-state index >= 15 is 0 Å². The summed E-state index contributed by atoms with van der Waals surface area (Å²) in [5.74, 6) is 0.228. The van der Waals surface area contributed by atoms with Crippen LogP contribution < -0.4 is 11.1 Å². The molecule has 0 radical (unpaired) electrons. The number of nitrogens with zero attached hydrogens (tertiary/aromatic N) is 2. The van der Waals surface area contributed by atoms with Crippen molar-refractivity contribution >= 4 is 11.6 Å². The molecule has 0 bridgehead atoms. The Bertz CT molecular complexity index is 563. The Morgan fingerprint density at radius 1 is 1.40 bits per heavy atom. The summed E-state index contributed by atoms with van der Waals surface area (Å²) < 4.78 is 1.85. The Morgan fingerprint density at radius 2 is 2.15 bits per heavy atom. The summed E-state index contributed by atoms with van der Waals surface area (Å²) >= 11 is 0. The number of nitrogens with two attached hydrogens (primary N) is 1. The van der Waals surface area contributed by atoms with E-state index in [0.717, 1.165) is 11.4 Å². The van der Waals surface area contributed by atoms with Gasteiger partial charge in [-0.3, -0.25) is 4.79 Å². The van der Waals surface area contributed by atoms with Crippen molar-refractivity contribution in [1.29, 1.82) is 0 Å². The minimum absolute atomic E-state index is 0.161. The third-order valence-electron chi connectivity index (χ3n) is 3.01. The van der Waals surface area contributed by atoms with Gasteiger partial charge in [-0.2, -0.15) is 0 Å². The SMILES string of the molecule is CC(C)CC(N)C(=O)Nc1ccccc1-n1ccnc1. The summed E-state index contributed by atoms with van der Waals surface area (Å²) in [7, 11) is 0. The summed E-state index contributed by atoms with van der Waals surface area (Å²) in [5.41, 5.74) is 7.51. The van der Waals surface area contributed by atoms with Crippen molar-refractivity contribution in [2.24, 2.45) is 11.7 Å². The van der Waals surface area contributed by atoms with Gasteiger partial charge in [0.15, 0.2) is 0 Å². The molecule has 1 atom stereocenters. The predicted octanol–water partition coefficient (Wildman–Crippen LogP) is 2.18. The van der Waals surface area contributed by atoms with E-state index in [0.29, 0.717) is 12.3 Å². The number of nitrogens with one attached hydrogen (secondary N) is 1. The van der Waals surface area contributed by atoms with Gasteiger partial charge in [0.2, 0.25) is 5.91 Å². The minimum Gasteiger partial charge on any atom is -0.323 e. The molecule has 0 aliphatic heterocycles. The summed E-state index contributed by atoms with van der Waals surface area (Å²) in [4.78, 5) is 16.1. The molecule has 5 heteroatoms. The summed E-state index contributed by atoms with van der Waals surface area (Å²) in [6.45, 7) is 4.10. The topological polar surface area (TPSA) is 72.9 Å². The minimum atomic E-state index is -0.495. The normalized spacial score (nSPS) is 12.4. The zero-order chi connectivity index (χ0) is 14.5. The van der Waals surface area contributed by atoms with E-state index in [-0.39, 0.29) is 5.91 Å². The van der Waals surface area contributed by atoms with Gasteiger partial charge in [-0.05, 0) is 24.5 Å². The monoisotopic (exact) mass is 272 g/mol. The smallest absolute Gasteiger partial charge is 0.241 e. The fourth-order valence-electron chi connectivity index (χ4n) is 2.05. The average Bonchev–Trinajstić information content (AvgIpc) is 2.92. The van der Waals surface area contributed by atoms with Gasteiger partial charge in [-0.15, -0.1) is 0 Å². The first-order valence-corrected chi connectivity index (χ1v) is 6.71. The molecule has 2 aromatic rings. The number of hydrogen-bond donors (Lipinski definition) is 2. The Morgan fingerprint density at radius 3 is 2.80 bits per heavy atom. The lowest BCUT2D eigenvalue weighted by molar-refractivity contribution is -0.117. The van der Waals surface area contributed by atoms with E-state index in [4.69, 9.17) is 5.73 Å². The number of hydrogen-bond acceptors (Lipinski definition) is 3. The van der Waals surface area contributed by atoms with Crippen molar-refractivity contribution in [3.63, 3.8) is 0 Å². The van der Waals surface area contributed by atoms with Crippen molar-refractivity contribution in [3.8, 4) is 5.69 Å². The van der Waals surface area contributed by atoms with Gasteiger partial charge < -0.3 is 15.6 Å². The van der Waals surface area contributed by atoms with Crippen LogP contribution in [-0.4, -0.2) is 21.5 Å². The van der Waals surface area contributed by atoms with Crippen molar-refractivity contribution in [2.75, 3.05) is 5.32 Å². The lowest BCUT2D eigenvalue weighted by atomic mass is 10.0. The zero-order valence-electron chi connectivity index (χ0n) is 11.8. The number of anilines is 1. The van der Waals surface area contributed by atoms with Gasteiger partial charge >= 0.3 is 0 Å². The van der Waals surface area contributed by atoms with E-state index in [1.54, 1.807) is 12.5 Å². The number of carbonyl (C=O) groups excluding carboxylic acids is 1. The van der Waals surface area contributed by atoms with Crippen LogP contribution in [0.1, 0.15) is 20.3 Å². The molecule has 0 aliphatic carbocycles. The molecule has 1 unspecified atom stereocenters. The molecule has 20 heavy (non-hydrogen) atoms. The largest absolute Gasteiger partial charge is 0.323 e. The third-order valence-corrected chi connectivity index (χ3v) is 3.01. The van der Waals surface area contributed by atoms with Crippen molar-refractivity contribution in [3.05, 3.63) is 43.0 Å². The van der Waals surface area contributed by atoms with Crippen LogP contribution >= 0.6 is 0 Å². The third kappa shape index (κ3) is 3.45. The highest BCUT2D eigenvalue weighted by Crippen LogP contribution is 2.20. The van der Waals surface area contributed by atoms with E-state index in [9.17, 15) is 4.79 Å². The van der Waals surface area contributed by atoms with Gasteiger partial charge in [0.1, 0.15) is 0 Å². The van der Waals surface area contributed by atoms with Crippen LogP contribution in [0.4, 0.5) is 5.69 Å². The fourth-order valence-corrected chi connectivity index (χ4v) is 2.05. The molecule has 1 aromatic heterocycles. The first kappa shape index (κ1) is 14.3. The van der Waals surface area contributed by atoms with Crippen LogP contribution in [0, 0.1) is 5.92 Å². The van der Waals surface area contributed by atoms with Gasteiger partial charge in [0.05, 0.1) is 23.7 Å². The summed E-state index contributed by atoms with van der Waals surface area (Å²) in [6.07, 6.45) is 5.89. The van der Waals surface area contributed by atoms with E-state index in [1.165, 1.54) is 0 Å². The van der Waals surface area contributed by atoms with Crippen LogP contribution in [0.5, 0.6) is 0 Å². The van der Waals surface area contributed by atoms with Gasteiger partial charge in [0.25, 0.3) is 0 Å². The Hall–Kier alpha value is -2.14. The van der Waals surface area contributed by atoms with Crippen LogP contribution in [-0.2, 0) is 4.79 Å². The highest BCUT2D eigenvalue weighted by atomic mass is 16.2. The molecule has 3 N–H and O–H groups in total. The van der Waals surface area contributed by atoms with Gasteiger partial charge in [-0.1, -0.05) is 26.0 Å². The maximum Gasteiger partial charge on any atom is 0.241 e. The number of benzene rings is 1. The number of aromatic nitrogens is 2. The number of amides is 1. The van der Waals surface area contributed by atoms with Gasteiger partial charge in [0, 0.05) is 12.4 Å². The quantitative estimate of drug-likeness (QED) is 0.876. The van der Waals surface area contributed by atoms with E-state index in [2.05, 4.69) is 10.3 Å². The second-order valence-corrected chi connectivity index (χ2v) is 5.21. The molecule has 0 aliphatic rings. The number of rotatable bonds is 5. The molecule has 106 valence electrons. The fraction of sp³-hybridized carbons (Fsp3) is 0.333. The van der Waals surface area contributed by atoms with Crippen molar-refractivity contribution in [2.45, 2.75) is 26.3 Å². The molecule has 0 spiro atoms. The molecular formula is C15H20N4O. The molecule has 1 heterocycles. The highest BCUT2D eigenvalue weighted by Gasteiger charge is 2.16. The molecule has 0 saturated carbocycles. The Kier molecular flexibility index (Phi) is 4.53. The second-order valence-electron chi connectivity index (χ2n) is 5.21. The molecule has 0 saturated heterocycles.